The maximum Gasteiger partial charge on any atom is 0.336 e. The van der Waals surface area contributed by atoms with Crippen LogP contribution in [0.1, 0.15) is 61.8 Å². The highest BCUT2D eigenvalue weighted by molar-refractivity contribution is 7.10. The molecule has 0 spiro atoms. The van der Waals surface area contributed by atoms with Gasteiger partial charge in [0.05, 0.1) is 25.2 Å². The summed E-state index contributed by atoms with van der Waals surface area (Å²) in [5.74, 6) is -0.00386. The minimum absolute atomic E-state index is 0.0689. The Balaban J connectivity index is 1.81. The van der Waals surface area contributed by atoms with Crippen molar-refractivity contribution < 1.29 is 19.1 Å². The van der Waals surface area contributed by atoms with Crippen LogP contribution in [0.4, 0.5) is 0 Å². The lowest BCUT2D eigenvalue weighted by Crippen LogP contribution is -2.36. The van der Waals surface area contributed by atoms with Crippen molar-refractivity contribution in [3.8, 4) is 5.75 Å². The molecule has 0 saturated carbocycles. The number of nitrogens with one attached hydrogen (secondary N) is 1. The second-order valence-electron chi connectivity index (χ2n) is 8.26. The molecular formula is C26H29NO4S. The molecule has 0 bridgehead atoms. The third kappa shape index (κ3) is 4.24. The van der Waals surface area contributed by atoms with Crippen molar-refractivity contribution in [3.05, 3.63) is 74.8 Å². The van der Waals surface area contributed by atoms with Crippen LogP contribution in [0.3, 0.4) is 0 Å². The Labute approximate surface area is 193 Å². The Bertz CT molecular complexity index is 1070. The van der Waals surface area contributed by atoms with Crippen LogP contribution in [-0.2, 0) is 14.3 Å². The normalized spacial score (nSPS) is 20.7. The van der Waals surface area contributed by atoms with E-state index < -0.39 is 11.9 Å². The molecule has 2 atom stereocenters. The van der Waals surface area contributed by atoms with Crippen molar-refractivity contribution in [2.24, 2.45) is 0 Å². The van der Waals surface area contributed by atoms with Crippen molar-refractivity contribution in [3.63, 3.8) is 0 Å². The number of unbranched alkanes of at least 4 members (excludes halogenated alkanes) is 1. The topological polar surface area (TPSA) is 64.6 Å². The molecule has 0 amide bonds. The van der Waals surface area contributed by atoms with Crippen LogP contribution in [0.15, 0.2) is 64.3 Å². The van der Waals surface area contributed by atoms with Gasteiger partial charge in [-0.25, -0.2) is 4.79 Å². The van der Waals surface area contributed by atoms with E-state index in [2.05, 4.69) is 18.3 Å². The molecular weight excluding hydrogens is 422 g/mol. The first-order valence-corrected chi connectivity index (χ1v) is 12.0. The fourth-order valence-corrected chi connectivity index (χ4v) is 5.46. The van der Waals surface area contributed by atoms with Gasteiger partial charge in [0, 0.05) is 39.7 Å². The first-order chi connectivity index (χ1) is 15.5. The van der Waals surface area contributed by atoms with Gasteiger partial charge in [0.1, 0.15) is 5.75 Å². The maximum absolute atomic E-state index is 13.5. The molecule has 0 unspecified atom stereocenters. The van der Waals surface area contributed by atoms with Gasteiger partial charge in [0.2, 0.25) is 0 Å². The number of benzene rings is 1. The first-order valence-electron chi connectivity index (χ1n) is 11.1. The van der Waals surface area contributed by atoms with E-state index >= 15 is 0 Å². The molecule has 0 saturated heterocycles. The van der Waals surface area contributed by atoms with Gasteiger partial charge in [0.25, 0.3) is 0 Å². The molecule has 1 aliphatic carbocycles. The maximum atomic E-state index is 13.5. The van der Waals surface area contributed by atoms with Gasteiger partial charge >= 0.3 is 5.97 Å². The van der Waals surface area contributed by atoms with Crippen molar-refractivity contribution >= 4 is 23.1 Å². The third-order valence-corrected chi connectivity index (χ3v) is 7.20. The lowest BCUT2D eigenvalue weighted by molar-refractivity contribution is -0.136. The molecule has 1 aromatic carbocycles. The number of thiophene rings is 1. The number of hydrogen-bond donors (Lipinski definition) is 1. The highest BCUT2D eigenvalue weighted by atomic mass is 32.1. The van der Waals surface area contributed by atoms with E-state index in [1.165, 1.54) is 12.0 Å². The molecule has 2 heterocycles. The fourth-order valence-electron chi connectivity index (χ4n) is 4.63. The van der Waals surface area contributed by atoms with Gasteiger partial charge in [-0.2, -0.15) is 0 Å². The quantitative estimate of drug-likeness (QED) is 0.447. The fraction of sp³-hybridized carbons (Fsp3) is 0.385. The van der Waals surface area contributed by atoms with Crippen LogP contribution in [0.25, 0.3) is 0 Å². The van der Waals surface area contributed by atoms with E-state index in [0.717, 1.165) is 36.2 Å². The highest BCUT2D eigenvalue weighted by Gasteiger charge is 2.42. The number of ketones is 1. The summed E-state index contributed by atoms with van der Waals surface area (Å²) < 4.78 is 11.2. The van der Waals surface area contributed by atoms with Crippen LogP contribution in [0.2, 0.25) is 0 Å². The van der Waals surface area contributed by atoms with Gasteiger partial charge in [-0.15, -0.1) is 11.3 Å². The Morgan fingerprint density at radius 3 is 2.72 bits per heavy atom. The molecule has 2 aliphatic rings. The summed E-state index contributed by atoms with van der Waals surface area (Å²) >= 11 is 1.68. The van der Waals surface area contributed by atoms with E-state index in [-0.39, 0.29) is 11.7 Å². The second kappa shape index (κ2) is 9.74. The number of para-hydroxylation sites is 1. The monoisotopic (exact) mass is 451 g/mol. The Hall–Kier alpha value is -2.86. The number of rotatable bonds is 7. The number of hydrogen-bond acceptors (Lipinski definition) is 6. The summed E-state index contributed by atoms with van der Waals surface area (Å²) in [6.45, 7) is 4.59. The number of carbonyl (C=O) groups excluding carboxylic acids is 2. The van der Waals surface area contributed by atoms with E-state index in [1.54, 1.807) is 11.3 Å². The average molecular weight is 452 g/mol. The predicted molar refractivity (Wildman–Crippen MR) is 126 cm³/mol. The molecule has 5 nitrogen and oxygen atoms in total. The summed E-state index contributed by atoms with van der Waals surface area (Å²) in [5, 5.41) is 5.43. The molecule has 32 heavy (non-hydrogen) atoms. The highest BCUT2D eigenvalue weighted by Crippen LogP contribution is 2.48. The van der Waals surface area contributed by atoms with Gasteiger partial charge in [0.15, 0.2) is 5.78 Å². The molecule has 1 N–H and O–H groups in total. The van der Waals surface area contributed by atoms with Crippen molar-refractivity contribution in [2.45, 2.75) is 51.4 Å². The van der Waals surface area contributed by atoms with E-state index in [0.29, 0.717) is 29.9 Å². The lowest BCUT2D eigenvalue weighted by Gasteiger charge is -2.36. The molecule has 168 valence electrons. The minimum atomic E-state index is -0.506. The number of carbonyl (C=O) groups is 2. The lowest BCUT2D eigenvalue weighted by atomic mass is 9.72. The number of Topliss-reactive ketones (excluding diaryl/α,β-unsaturated/α-hetero) is 1. The third-order valence-electron chi connectivity index (χ3n) is 6.16. The zero-order chi connectivity index (χ0) is 22.7. The summed E-state index contributed by atoms with van der Waals surface area (Å²) in [6, 6.07) is 11.8. The molecule has 0 fully saturated rings. The summed E-state index contributed by atoms with van der Waals surface area (Å²) in [6.07, 6.45) is 3.14. The smallest absolute Gasteiger partial charge is 0.336 e. The van der Waals surface area contributed by atoms with E-state index in [4.69, 9.17) is 9.47 Å². The standard InChI is InChI=1S/C26H29NO4S/c1-4-5-12-31-21-10-7-6-9-18(21)24-23(26(29)30-3)16(2)27-19-14-17(15-20(28)25(19)24)22-11-8-13-32-22/h6-11,13,17,24,27H,4-5,12,14-15H2,1-3H3/t17-,24-/m0/s1. The SMILES string of the molecule is CCCCOc1ccccc1[C@H]1C(C(=O)OC)=C(C)NC2=C1C(=O)C[C@@H](c1cccs1)C2. The van der Waals surface area contributed by atoms with Gasteiger partial charge in [-0.1, -0.05) is 37.6 Å². The first kappa shape index (κ1) is 22.3. The van der Waals surface area contributed by atoms with Crippen LogP contribution < -0.4 is 10.1 Å². The van der Waals surface area contributed by atoms with E-state index in [9.17, 15) is 9.59 Å². The molecule has 1 aliphatic heterocycles. The predicted octanol–water partition coefficient (Wildman–Crippen LogP) is 5.46. The van der Waals surface area contributed by atoms with Crippen molar-refractivity contribution in [2.75, 3.05) is 13.7 Å². The van der Waals surface area contributed by atoms with Crippen LogP contribution >= 0.6 is 11.3 Å². The number of ether oxygens (including phenoxy) is 2. The number of esters is 1. The van der Waals surface area contributed by atoms with Crippen LogP contribution in [-0.4, -0.2) is 25.5 Å². The summed E-state index contributed by atoms with van der Waals surface area (Å²) in [5.41, 5.74) is 3.60. The second-order valence-corrected chi connectivity index (χ2v) is 9.24. The Morgan fingerprint density at radius 2 is 2.00 bits per heavy atom. The van der Waals surface area contributed by atoms with Crippen LogP contribution in [0, 0.1) is 0 Å². The molecule has 4 rings (SSSR count). The molecule has 1 aromatic heterocycles. The number of dihydropyridines is 1. The molecule has 2 aromatic rings. The number of allylic oxidation sites excluding steroid dienone is 3. The Morgan fingerprint density at radius 1 is 1.19 bits per heavy atom. The van der Waals surface area contributed by atoms with Crippen molar-refractivity contribution in [1.82, 2.24) is 5.32 Å². The van der Waals surface area contributed by atoms with Crippen LogP contribution in [0.5, 0.6) is 5.75 Å². The van der Waals surface area contributed by atoms with Gasteiger partial charge < -0.3 is 14.8 Å². The molecule has 0 radical (unpaired) electrons. The van der Waals surface area contributed by atoms with Gasteiger partial charge in [-0.05, 0) is 37.3 Å². The summed E-state index contributed by atoms with van der Waals surface area (Å²) in [7, 11) is 1.38. The van der Waals surface area contributed by atoms with E-state index in [1.807, 2.05) is 42.6 Å². The minimum Gasteiger partial charge on any atom is -0.493 e. The zero-order valence-electron chi connectivity index (χ0n) is 18.8. The zero-order valence-corrected chi connectivity index (χ0v) is 19.6. The Kier molecular flexibility index (Phi) is 6.80. The van der Waals surface area contributed by atoms with Gasteiger partial charge in [-0.3, -0.25) is 4.79 Å². The number of methoxy groups -OCH3 is 1. The largest absolute Gasteiger partial charge is 0.493 e. The molecule has 6 heteroatoms. The summed E-state index contributed by atoms with van der Waals surface area (Å²) in [4.78, 5) is 27.6. The average Bonchev–Trinajstić information content (AvgIpc) is 3.33. The van der Waals surface area contributed by atoms with Crippen molar-refractivity contribution in [1.29, 1.82) is 0 Å².